The Morgan fingerprint density at radius 1 is 1.29 bits per heavy atom. The van der Waals surface area contributed by atoms with Crippen molar-refractivity contribution >= 4 is 17.4 Å². The second-order valence-corrected chi connectivity index (χ2v) is 2.90. The number of aromatic nitrogens is 5. The van der Waals surface area contributed by atoms with Gasteiger partial charge in [-0.25, -0.2) is 15.0 Å². The molecule has 7 heteroatoms. The monoisotopic (exact) mass is 210 g/mol. The summed E-state index contributed by atoms with van der Waals surface area (Å²) in [5.41, 5.74) is 0. The predicted molar refractivity (Wildman–Crippen MR) is 50.8 cm³/mol. The molecule has 0 fully saturated rings. The summed E-state index contributed by atoms with van der Waals surface area (Å²) in [4.78, 5) is 11.7. The molecule has 0 aliphatic heterocycles. The van der Waals surface area contributed by atoms with Crippen molar-refractivity contribution in [2.75, 3.05) is 5.32 Å². The van der Waals surface area contributed by atoms with Gasteiger partial charge in [0.1, 0.15) is 29.5 Å². The van der Waals surface area contributed by atoms with E-state index in [9.17, 15) is 0 Å². The Balaban J connectivity index is 1.98. The first kappa shape index (κ1) is 8.89. The summed E-state index contributed by atoms with van der Waals surface area (Å²) in [6.45, 7) is 0.521. The molecule has 2 rings (SSSR count). The second kappa shape index (κ2) is 4.01. The molecule has 0 radical (unpaired) electrons. The lowest BCUT2D eigenvalue weighted by Gasteiger charge is -2.01. The van der Waals surface area contributed by atoms with E-state index < -0.39 is 0 Å². The number of H-pyrrole nitrogens is 1. The van der Waals surface area contributed by atoms with Crippen molar-refractivity contribution in [3.63, 3.8) is 0 Å². The van der Waals surface area contributed by atoms with E-state index in [1.807, 2.05) is 0 Å². The highest BCUT2D eigenvalue weighted by Gasteiger charge is 1.97. The number of aromatic amines is 1. The Hall–Kier alpha value is -1.69. The van der Waals surface area contributed by atoms with Crippen molar-refractivity contribution in [3.8, 4) is 0 Å². The maximum absolute atomic E-state index is 5.68. The van der Waals surface area contributed by atoms with Crippen LogP contribution in [-0.4, -0.2) is 25.1 Å². The average molecular weight is 211 g/mol. The van der Waals surface area contributed by atoms with E-state index in [1.54, 1.807) is 6.07 Å². The maximum Gasteiger partial charge on any atom is 0.143 e. The lowest BCUT2D eigenvalue weighted by molar-refractivity contribution is 0.944. The molecule has 2 N–H and O–H groups in total. The Labute approximate surface area is 84.8 Å². The molecule has 0 saturated heterocycles. The Kier molecular flexibility index (Phi) is 2.55. The normalized spacial score (nSPS) is 10.1. The number of halogens is 1. The molecule has 6 nitrogen and oxygen atoms in total. The summed E-state index contributed by atoms with van der Waals surface area (Å²) in [7, 11) is 0. The summed E-state index contributed by atoms with van der Waals surface area (Å²) in [6.07, 6.45) is 2.84. The van der Waals surface area contributed by atoms with Crippen LogP contribution < -0.4 is 5.32 Å². The third kappa shape index (κ3) is 2.17. The molecule has 0 aromatic carbocycles. The molecule has 0 unspecified atom stereocenters. The number of hydrogen-bond donors (Lipinski definition) is 2. The molecule has 0 saturated carbocycles. The molecule has 0 aliphatic carbocycles. The van der Waals surface area contributed by atoms with E-state index in [1.165, 1.54) is 12.7 Å². The molecule has 14 heavy (non-hydrogen) atoms. The highest BCUT2D eigenvalue weighted by molar-refractivity contribution is 6.29. The van der Waals surface area contributed by atoms with Gasteiger partial charge in [0.25, 0.3) is 0 Å². The van der Waals surface area contributed by atoms with Gasteiger partial charge in [0.05, 0.1) is 6.54 Å². The highest BCUT2D eigenvalue weighted by Crippen LogP contribution is 2.08. The van der Waals surface area contributed by atoms with Gasteiger partial charge in [0, 0.05) is 6.07 Å². The van der Waals surface area contributed by atoms with Crippen molar-refractivity contribution in [2.24, 2.45) is 0 Å². The summed E-state index contributed by atoms with van der Waals surface area (Å²) in [6, 6.07) is 1.64. The zero-order chi connectivity index (χ0) is 9.80. The maximum atomic E-state index is 5.68. The van der Waals surface area contributed by atoms with E-state index in [2.05, 4.69) is 30.5 Å². The Morgan fingerprint density at radius 3 is 2.93 bits per heavy atom. The zero-order valence-electron chi connectivity index (χ0n) is 7.11. The molecule has 2 aromatic heterocycles. The largest absolute Gasteiger partial charge is 0.363 e. The van der Waals surface area contributed by atoms with Gasteiger partial charge in [0.15, 0.2) is 0 Å². The van der Waals surface area contributed by atoms with Crippen LogP contribution in [0.25, 0.3) is 0 Å². The summed E-state index contributed by atoms with van der Waals surface area (Å²) >= 11 is 5.68. The summed E-state index contributed by atoms with van der Waals surface area (Å²) < 4.78 is 0. The number of rotatable bonds is 3. The molecule has 2 aromatic rings. The van der Waals surface area contributed by atoms with E-state index in [4.69, 9.17) is 11.6 Å². The van der Waals surface area contributed by atoms with Crippen molar-refractivity contribution in [1.82, 2.24) is 25.1 Å². The van der Waals surface area contributed by atoms with Gasteiger partial charge < -0.3 is 5.32 Å². The van der Waals surface area contributed by atoms with E-state index >= 15 is 0 Å². The molecule has 0 atom stereocenters. The first-order valence-corrected chi connectivity index (χ1v) is 4.28. The van der Waals surface area contributed by atoms with Gasteiger partial charge in [-0.05, 0) is 0 Å². The van der Waals surface area contributed by atoms with Crippen molar-refractivity contribution in [2.45, 2.75) is 6.54 Å². The fourth-order valence-corrected chi connectivity index (χ4v) is 1.07. The van der Waals surface area contributed by atoms with Crippen LogP contribution in [0.5, 0.6) is 0 Å². The molecule has 2 heterocycles. The first-order valence-electron chi connectivity index (χ1n) is 3.90. The minimum Gasteiger partial charge on any atom is -0.363 e. The average Bonchev–Trinajstić information content (AvgIpc) is 2.67. The molecule has 0 bridgehead atoms. The molecule has 0 aliphatic rings. The lowest BCUT2D eigenvalue weighted by atomic mass is 10.5. The zero-order valence-corrected chi connectivity index (χ0v) is 7.86. The molecular formula is C7H7ClN6. The van der Waals surface area contributed by atoms with Gasteiger partial charge in [-0.15, -0.1) is 0 Å². The number of hydrogen-bond acceptors (Lipinski definition) is 5. The summed E-state index contributed by atoms with van der Waals surface area (Å²) in [5.74, 6) is 1.39. The van der Waals surface area contributed by atoms with E-state index in [0.29, 0.717) is 17.5 Å². The van der Waals surface area contributed by atoms with Crippen LogP contribution in [0.15, 0.2) is 18.7 Å². The Morgan fingerprint density at radius 2 is 2.21 bits per heavy atom. The van der Waals surface area contributed by atoms with Crippen LogP contribution in [0.2, 0.25) is 5.15 Å². The van der Waals surface area contributed by atoms with Gasteiger partial charge in [-0.1, -0.05) is 11.6 Å². The standard InChI is InChI=1S/C7H7ClN6/c8-5-1-6(11-3-10-5)9-2-7-12-4-13-14-7/h1,3-4H,2H2,(H,9,10,11)(H,12,13,14). The van der Waals surface area contributed by atoms with Crippen molar-refractivity contribution < 1.29 is 0 Å². The van der Waals surface area contributed by atoms with Crippen LogP contribution in [0.4, 0.5) is 5.82 Å². The van der Waals surface area contributed by atoms with Gasteiger partial charge in [-0.3, -0.25) is 5.10 Å². The third-order valence-electron chi connectivity index (χ3n) is 1.54. The van der Waals surface area contributed by atoms with Crippen LogP contribution in [0.1, 0.15) is 5.82 Å². The van der Waals surface area contributed by atoms with Crippen LogP contribution in [0.3, 0.4) is 0 Å². The molecule has 0 amide bonds. The molecule has 0 spiro atoms. The Bertz CT molecular complexity index is 400. The van der Waals surface area contributed by atoms with Crippen molar-refractivity contribution in [3.05, 3.63) is 29.7 Å². The molecular weight excluding hydrogens is 204 g/mol. The SMILES string of the molecule is Clc1cc(NCc2ncn[nH]2)ncn1. The lowest BCUT2D eigenvalue weighted by Crippen LogP contribution is -2.03. The third-order valence-corrected chi connectivity index (χ3v) is 1.74. The van der Waals surface area contributed by atoms with Crippen LogP contribution >= 0.6 is 11.6 Å². The predicted octanol–water partition coefficient (Wildman–Crippen LogP) is 0.860. The topological polar surface area (TPSA) is 79.4 Å². The summed E-state index contributed by atoms with van der Waals surface area (Å²) in [5, 5.41) is 9.86. The minimum atomic E-state index is 0.403. The quantitative estimate of drug-likeness (QED) is 0.735. The number of anilines is 1. The van der Waals surface area contributed by atoms with Crippen LogP contribution in [0, 0.1) is 0 Å². The van der Waals surface area contributed by atoms with E-state index in [0.717, 1.165) is 5.82 Å². The smallest absolute Gasteiger partial charge is 0.143 e. The van der Waals surface area contributed by atoms with Gasteiger partial charge in [-0.2, -0.15) is 5.10 Å². The first-order chi connectivity index (χ1) is 6.84. The fourth-order valence-electron chi connectivity index (χ4n) is 0.921. The van der Waals surface area contributed by atoms with Crippen LogP contribution in [-0.2, 0) is 6.54 Å². The van der Waals surface area contributed by atoms with Crippen molar-refractivity contribution in [1.29, 1.82) is 0 Å². The van der Waals surface area contributed by atoms with E-state index in [-0.39, 0.29) is 0 Å². The minimum absolute atomic E-state index is 0.403. The second-order valence-electron chi connectivity index (χ2n) is 2.51. The fraction of sp³-hybridized carbons (Fsp3) is 0.143. The molecule has 72 valence electrons. The number of nitrogens with one attached hydrogen (secondary N) is 2. The highest BCUT2D eigenvalue weighted by atomic mass is 35.5. The van der Waals surface area contributed by atoms with Gasteiger partial charge in [0.2, 0.25) is 0 Å². The van der Waals surface area contributed by atoms with Gasteiger partial charge >= 0.3 is 0 Å². The number of nitrogens with zero attached hydrogens (tertiary/aromatic N) is 4.